The maximum absolute atomic E-state index is 5.37. The van der Waals surface area contributed by atoms with Gasteiger partial charge in [0.1, 0.15) is 6.33 Å². The van der Waals surface area contributed by atoms with E-state index in [0.29, 0.717) is 11.6 Å². The summed E-state index contributed by atoms with van der Waals surface area (Å²) >= 11 is 0. The van der Waals surface area contributed by atoms with Crippen molar-refractivity contribution in [3.8, 4) is 5.75 Å². The van der Waals surface area contributed by atoms with Crippen molar-refractivity contribution >= 4 is 11.6 Å². The van der Waals surface area contributed by atoms with Crippen LogP contribution in [0.25, 0.3) is 0 Å². The van der Waals surface area contributed by atoms with Gasteiger partial charge in [-0.3, -0.25) is 0 Å². The zero-order valence-corrected chi connectivity index (χ0v) is 12.0. The van der Waals surface area contributed by atoms with E-state index in [1.165, 1.54) is 6.33 Å². The average Bonchev–Trinajstić information content (AvgIpc) is 2.44. The van der Waals surface area contributed by atoms with Crippen molar-refractivity contribution in [2.24, 2.45) is 0 Å². The van der Waals surface area contributed by atoms with Crippen molar-refractivity contribution < 1.29 is 9.47 Å². The molecule has 1 aromatic heterocycles. The first kappa shape index (κ1) is 15.5. The lowest BCUT2D eigenvalue weighted by atomic mass is 10.4. The van der Waals surface area contributed by atoms with Gasteiger partial charge in [-0.05, 0) is 19.8 Å². The van der Waals surface area contributed by atoms with E-state index in [0.717, 1.165) is 45.0 Å². The van der Waals surface area contributed by atoms with Crippen LogP contribution in [0.4, 0.5) is 11.6 Å². The van der Waals surface area contributed by atoms with Crippen LogP contribution in [0.5, 0.6) is 5.75 Å². The number of methoxy groups -OCH3 is 1. The van der Waals surface area contributed by atoms with E-state index in [2.05, 4.69) is 27.5 Å². The first-order chi connectivity index (χ1) is 9.33. The van der Waals surface area contributed by atoms with Crippen molar-refractivity contribution in [2.45, 2.75) is 26.7 Å². The highest BCUT2D eigenvalue weighted by Gasteiger charge is 2.10. The number of nitrogens with one attached hydrogen (secondary N) is 2. The van der Waals surface area contributed by atoms with E-state index in [-0.39, 0.29) is 0 Å². The number of nitrogens with zero attached hydrogens (tertiary/aromatic N) is 2. The molecule has 2 N–H and O–H groups in total. The average molecular weight is 268 g/mol. The monoisotopic (exact) mass is 268 g/mol. The summed E-state index contributed by atoms with van der Waals surface area (Å²) in [4.78, 5) is 8.40. The van der Waals surface area contributed by atoms with Gasteiger partial charge in [0, 0.05) is 26.3 Å². The molecule has 0 aromatic carbocycles. The number of aromatic nitrogens is 2. The molecule has 0 bridgehead atoms. The molecule has 0 saturated heterocycles. The van der Waals surface area contributed by atoms with Gasteiger partial charge in [-0.15, -0.1) is 0 Å². The van der Waals surface area contributed by atoms with Crippen molar-refractivity contribution in [1.82, 2.24) is 9.97 Å². The molecule has 0 atom stereocenters. The van der Waals surface area contributed by atoms with Crippen LogP contribution in [0.2, 0.25) is 0 Å². The fourth-order valence-corrected chi connectivity index (χ4v) is 1.59. The first-order valence-corrected chi connectivity index (χ1v) is 6.77. The standard InChI is InChI=1S/C13H24N4O2/c1-4-7-14-12-11(18-3)13(17-10-16-12)15-8-6-9-19-5-2/h10H,4-9H2,1-3H3,(H2,14,15,16,17). The zero-order valence-electron chi connectivity index (χ0n) is 12.0. The maximum Gasteiger partial charge on any atom is 0.204 e. The summed E-state index contributed by atoms with van der Waals surface area (Å²) in [6.07, 6.45) is 3.49. The lowest BCUT2D eigenvalue weighted by Gasteiger charge is -2.13. The van der Waals surface area contributed by atoms with Gasteiger partial charge in [0.15, 0.2) is 11.6 Å². The topological polar surface area (TPSA) is 68.3 Å². The van der Waals surface area contributed by atoms with Crippen molar-refractivity contribution in [1.29, 1.82) is 0 Å². The summed E-state index contributed by atoms with van der Waals surface area (Å²) in [5.41, 5.74) is 0. The Labute approximate surface area is 114 Å². The van der Waals surface area contributed by atoms with Gasteiger partial charge in [-0.2, -0.15) is 0 Å². The normalized spacial score (nSPS) is 10.3. The van der Waals surface area contributed by atoms with Crippen LogP contribution in [0, 0.1) is 0 Å². The highest BCUT2D eigenvalue weighted by atomic mass is 16.5. The van der Waals surface area contributed by atoms with Crippen LogP contribution in [0.3, 0.4) is 0 Å². The SMILES string of the molecule is CCCNc1ncnc(NCCCOCC)c1OC. The second kappa shape index (κ2) is 9.38. The Morgan fingerprint density at radius 1 is 1.11 bits per heavy atom. The maximum atomic E-state index is 5.37. The molecular formula is C13H24N4O2. The minimum atomic E-state index is 0.660. The van der Waals surface area contributed by atoms with Gasteiger partial charge >= 0.3 is 0 Å². The van der Waals surface area contributed by atoms with Crippen LogP contribution in [0.15, 0.2) is 6.33 Å². The molecule has 0 fully saturated rings. The van der Waals surface area contributed by atoms with Crippen molar-refractivity contribution in [3.63, 3.8) is 0 Å². The van der Waals surface area contributed by atoms with Crippen LogP contribution in [-0.4, -0.2) is 43.4 Å². The Hall–Kier alpha value is -1.56. The van der Waals surface area contributed by atoms with Gasteiger partial charge in [0.25, 0.3) is 0 Å². The largest absolute Gasteiger partial charge is 0.490 e. The number of hydrogen-bond acceptors (Lipinski definition) is 6. The fraction of sp³-hybridized carbons (Fsp3) is 0.692. The predicted octanol–water partition coefficient (Wildman–Crippen LogP) is 2.15. The van der Waals surface area contributed by atoms with Gasteiger partial charge < -0.3 is 20.1 Å². The number of hydrogen-bond donors (Lipinski definition) is 2. The summed E-state index contributed by atoms with van der Waals surface area (Å²) in [6.45, 7) is 7.25. The molecule has 19 heavy (non-hydrogen) atoms. The molecule has 0 radical (unpaired) electrons. The highest BCUT2D eigenvalue weighted by molar-refractivity contribution is 5.63. The van der Waals surface area contributed by atoms with Crippen LogP contribution < -0.4 is 15.4 Å². The Morgan fingerprint density at radius 3 is 2.37 bits per heavy atom. The van der Waals surface area contributed by atoms with E-state index < -0.39 is 0 Å². The molecule has 0 amide bonds. The first-order valence-electron chi connectivity index (χ1n) is 6.77. The van der Waals surface area contributed by atoms with E-state index in [4.69, 9.17) is 9.47 Å². The Balaban J connectivity index is 2.56. The van der Waals surface area contributed by atoms with Crippen LogP contribution in [-0.2, 0) is 4.74 Å². The third-order valence-electron chi connectivity index (χ3n) is 2.51. The molecule has 0 spiro atoms. The minimum Gasteiger partial charge on any atom is -0.490 e. The molecule has 6 nitrogen and oxygen atoms in total. The van der Waals surface area contributed by atoms with Crippen molar-refractivity contribution in [2.75, 3.05) is 44.0 Å². The Morgan fingerprint density at radius 2 is 1.79 bits per heavy atom. The molecule has 0 saturated carbocycles. The molecule has 1 heterocycles. The van der Waals surface area contributed by atoms with E-state index in [1.807, 2.05) is 6.92 Å². The summed E-state index contributed by atoms with van der Waals surface area (Å²) in [7, 11) is 1.63. The molecule has 108 valence electrons. The van der Waals surface area contributed by atoms with Crippen LogP contribution in [0.1, 0.15) is 26.7 Å². The quantitative estimate of drug-likeness (QED) is 0.634. The lowest BCUT2D eigenvalue weighted by molar-refractivity contribution is 0.147. The van der Waals surface area contributed by atoms with Gasteiger partial charge in [-0.1, -0.05) is 6.92 Å². The summed E-state index contributed by atoms with van der Waals surface area (Å²) in [5.74, 6) is 2.10. The second-order valence-corrected chi connectivity index (χ2v) is 4.01. The van der Waals surface area contributed by atoms with Gasteiger partial charge in [0.2, 0.25) is 5.75 Å². The number of rotatable bonds is 10. The molecule has 0 aliphatic carbocycles. The van der Waals surface area contributed by atoms with E-state index >= 15 is 0 Å². The molecule has 0 unspecified atom stereocenters. The number of anilines is 2. The molecule has 0 aliphatic rings. The van der Waals surface area contributed by atoms with Gasteiger partial charge in [-0.25, -0.2) is 9.97 Å². The minimum absolute atomic E-state index is 0.660. The predicted molar refractivity (Wildman–Crippen MR) is 77.0 cm³/mol. The highest BCUT2D eigenvalue weighted by Crippen LogP contribution is 2.28. The van der Waals surface area contributed by atoms with Crippen molar-refractivity contribution in [3.05, 3.63) is 6.33 Å². The summed E-state index contributed by atoms with van der Waals surface area (Å²) in [5, 5.41) is 6.47. The summed E-state index contributed by atoms with van der Waals surface area (Å²) in [6, 6.07) is 0. The van der Waals surface area contributed by atoms with E-state index in [9.17, 15) is 0 Å². The molecule has 6 heteroatoms. The summed E-state index contributed by atoms with van der Waals surface area (Å²) < 4.78 is 10.7. The van der Waals surface area contributed by atoms with E-state index in [1.54, 1.807) is 7.11 Å². The molecule has 1 rings (SSSR count). The Kier molecular flexibility index (Phi) is 7.65. The number of ether oxygens (including phenoxy) is 2. The molecular weight excluding hydrogens is 244 g/mol. The second-order valence-electron chi connectivity index (χ2n) is 4.01. The molecule has 1 aromatic rings. The van der Waals surface area contributed by atoms with Crippen LogP contribution >= 0.6 is 0 Å². The Bertz CT molecular complexity index is 360. The zero-order chi connectivity index (χ0) is 13.9. The smallest absolute Gasteiger partial charge is 0.204 e. The lowest BCUT2D eigenvalue weighted by Crippen LogP contribution is -2.11. The molecule has 0 aliphatic heterocycles. The third kappa shape index (κ3) is 5.30. The third-order valence-corrected chi connectivity index (χ3v) is 2.51. The fourth-order valence-electron chi connectivity index (χ4n) is 1.59. The van der Waals surface area contributed by atoms with Gasteiger partial charge in [0.05, 0.1) is 7.11 Å².